The quantitative estimate of drug-likeness (QED) is 0.0511. The summed E-state index contributed by atoms with van der Waals surface area (Å²) in [4.78, 5) is 72.2. The Morgan fingerprint density at radius 3 is 2.13 bits per heavy atom. The van der Waals surface area contributed by atoms with Gasteiger partial charge < -0.3 is 49.0 Å². The standard InChI is InChI=1S/C23H40N10O6/c1-12(2)8-17(21(37)32-16(22(38)39)5-6-18(25)34)33-20(36)15(4-3-7-29-23(26)27)31-19(35)14(24)9-13-10-28-11-30-13/h10-12,14-17H,3-9,24H2,1-2H3,(H2,25,34)(H,28,30)(H,31,35)(H,32,37)(H,33,36)(H,38,39)(H4,26,27,29). The number of nitrogens with two attached hydrogens (primary N) is 4. The molecule has 0 aliphatic heterocycles. The van der Waals surface area contributed by atoms with Gasteiger partial charge in [-0.3, -0.25) is 24.2 Å². The summed E-state index contributed by atoms with van der Waals surface area (Å²) in [7, 11) is 0. The maximum absolute atomic E-state index is 13.3. The number of carboxylic acid groups (broad SMARTS) is 1. The van der Waals surface area contributed by atoms with Crippen molar-refractivity contribution in [1.29, 1.82) is 0 Å². The summed E-state index contributed by atoms with van der Waals surface area (Å²) in [5.41, 5.74) is 22.4. The zero-order valence-corrected chi connectivity index (χ0v) is 22.2. The number of aromatic amines is 1. The fourth-order valence-corrected chi connectivity index (χ4v) is 3.57. The monoisotopic (exact) mass is 552 g/mol. The van der Waals surface area contributed by atoms with Crippen molar-refractivity contribution in [3.63, 3.8) is 0 Å². The number of rotatable bonds is 18. The van der Waals surface area contributed by atoms with Crippen LogP contribution in [-0.2, 0) is 30.4 Å². The van der Waals surface area contributed by atoms with Crippen LogP contribution in [0.3, 0.4) is 0 Å². The van der Waals surface area contributed by atoms with Gasteiger partial charge in [-0.2, -0.15) is 0 Å². The molecule has 4 unspecified atom stereocenters. The minimum Gasteiger partial charge on any atom is -0.480 e. The van der Waals surface area contributed by atoms with Crippen molar-refractivity contribution in [3.8, 4) is 0 Å². The number of hydrogen-bond acceptors (Lipinski definition) is 8. The molecule has 0 spiro atoms. The van der Waals surface area contributed by atoms with Crippen LogP contribution in [-0.4, -0.2) is 81.3 Å². The first-order valence-electron chi connectivity index (χ1n) is 12.5. The Kier molecular flexibility index (Phi) is 14.0. The van der Waals surface area contributed by atoms with Crippen molar-refractivity contribution in [2.24, 2.45) is 33.8 Å². The van der Waals surface area contributed by atoms with Gasteiger partial charge in [0.25, 0.3) is 0 Å². The van der Waals surface area contributed by atoms with E-state index in [9.17, 15) is 29.1 Å². The van der Waals surface area contributed by atoms with Crippen LogP contribution in [0.15, 0.2) is 17.5 Å². The first kappa shape index (κ1) is 32.8. The molecular weight excluding hydrogens is 512 g/mol. The fraction of sp³-hybridized carbons (Fsp3) is 0.609. The molecule has 0 saturated heterocycles. The molecule has 0 aromatic carbocycles. The van der Waals surface area contributed by atoms with Crippen molar-refractivity contribution >= 4 is 35.6 Å². The molecular formula is C23H40N10O6. The van der Waals surface area contributed by atoms with Gasteiger partial charge in [-0.25, -0.2) is 9.78 Å². The van der Waals surface area contributed by atoms with E-state index < -0.39 is 53.8 Å². The number of aromatic nitrogens is 2. The Hall–Kier alpha value is -4.21. The zero-order valence-electron chi connectivity index (χ0n) is 22.2. The molecule has 1 aromatic rings. The maximum Gasteiger partial charge on any atom is 0.326 e. The second kappa shape index (κ2) is 16.6. The number of carboxylic acids is 1. The van der Waals surface area contributed by atoms with E-state index in [1.807, 2.05) is 13.8 Å². The molecule has 4 atom stereocenters. The highest BCUT2D eigenvalue weighted by Crippen LogP contribution is 2.09. The van der Waals surface area contributed by atoms with Gasteiger partial charge in [-0.05, 0) is 31.6 Å². The van der Waals surface area contributed by atoms with E-state index >= 15 is 0 Å². The van der Waals surface area contributed by atoms with Gasteiger partial charge in [0.2, 0.25) is 23.6 Å². The summed E-state index contributed by atoms with van der Waals surface area (Å²) in [6.45, 7) is 3.83. The number of carbonyl (C=O) groups is 5. The van der Waals surface area contributed by atoms with Gasteiger partial charge >= 0.3 is 5.97 Å². The summed E-state index contributed by atoms with van der Waals surface area (Å²) in [6, 6.07) is -4.59. The molecule has 16 nitrogen and oxygen atoms in total. The smallest absolute Gasteiger partial charge is 0.326 e. The number of hydrogen-bond donors (Lipinski definition) is 9. The number of aliphatic carboxylic acids is 1. The molecule has 0 radical (unpaired) electrons. The third kappa shape index (κ3) is 13.2. The lowest BCUT2D eigenvalue weighted by molar-refractivity contribution is -0.142. The average Bonchev–Trinajstić information content (AvgIpc) is 3.35. The Morgan fingerprint density at radius 1 is 0.974 bits per heavy atom. The van der Waals surface area contributed by atoms with Crippen LogP contribution < -0.4 is 38.9 Å². The number of primary amides is 1. The van der Waals surface area contributed by atoms with E-state index in [1.54, 1.807) is 0 Å². The molecule has 0 aliphatic carbocycles. The Bertz CT molecular complexity index is 994. The van der Waals surface area contributed by atoms with Gasteiger partial charge in [0.05, 0.1) is 12.4 Å². The summed E-state index contributed by atoms with van der Waals surface area (Å²) in [5.74, 6) is -4.29. The summed E-state index contributed by atoms with van der Waals surface area (Å²) in [5, 5.41) is 17.0. The molecule has 0 saturated carbocycles. The third-order valence-electron chi connectivity index (χ3n) is 5.54. The SMILES string of the molecule is CC(C)CC(NC(=O)C(CCCN=C(N)N)NC(=O)C(N)Cc1cnc[nH]1)C(=O)NC(CCC(N)=O)C(=O)O. The number of aliphatic imine (C=N–C) groups is 1. The van der Waals surface area contributed by atoms with Crippen molar-refractivity contribution in [3.05, 3.63) is 18.2 Å². The summed E-state index contributed by atoms with van der Waals surface area (Å²) in [6.07, 6.45) is 3.27. The molecule has 39 heavy (non-hydrogen) atoms. The normalized spacial score (nSPS) is 13.9. The summed E-state index contributed by atoms with van der Waals surface area (Å²) >= 11 is 0. The Labute approximate surface area is 226 Å². The molecule has 1 rings (SSSR count). The number of amides is 4. The molecule has 1 aromatic heterocycles. The predicted octanol–water partition coefficient (Wildman–Crippen LogP) is -2.82. The number of nitrogens with one attached hydrogen (secondary N) is 4. The molecule has 16 heteroatoms. The lowest BCUT2D eigenvalue weighted by atomic mass is 10.0. The van der Waals surface area contributed by atoms with Gasteiger partial charge in [0, 0.05) is 31.3 Å². The van der Waals surface area contributed by atoms with Gasteiger partial charge in [-0.1, -0.05) is 13.8 Å². The van der Waals surface area contributed by atoms with E-state index in [2.05, 4.69) is 30.9 Å². The third-order valence-corrected chi connectivity index (χ3v) is 5.54. The summed E-state index contributed by atoms with van der Waals surface area (Å²) < 4.78 is 0. The van der Waals surface area contributed by atoms with E-state index in [0.29, 0.717) is 12.1 Å². The van der Waals surface area contributed by atoms with Crippen molar-refractivity contribution < 1.29 is 29.1 Å². The van der Waals surface area contributed by atoms with Crippen LogP contribution in [0.25, 0.3) is 0 Å². The van der Waals surface area contributed by atoms with Gasteiger partial charge in [0.15, 0.2) is 5.96 Å². The molecule has 0 bridgehead atoms. The number of nitrogens with zero attached hydrogens (tertiary/aromatic N) is 2. The Balaban J connectivity index is 3.01. The number of H-pyrrole nitrogens is 1. The molecule has 13 N–H and O–H groups in total. The van der Waals surface area contributed by atoms with Crippen molar-refractivity contribution in [1.82, 2.24) is 25.9 Å². The van der Waals surface area contributed by atoms with Crippen LogP contribution in [0.1, 0.15) is 51.6 Å². The highest BCUT2D eigenvalue weighted by atomic mass is 16.4. The van der Waals surface area contributed by atoms with Crippen molar-refractivity contribution in [2.45, 2.75) is 76.5 Å². The first-order chi connectivity index (χ1) is 18.3. The molecule has 218 valence electrons. The lowest BCUT2D eigenvalue weighted by Crippen LogP contribution is -2.57. The number of carbonyl (C=O) groups excluding carboxylic acids is 4. The molecule has 1 heterocycles. The first-order valence-corrected chi connectivity index (χ1v) is 12.5. The largest absolute Gasteiger partial charge is 0.480 e. The highest BCUT2D eigenvalue weighted by molar-refractivity contribution is 5.94. The number of imidazole rings is 1. The fourth-order valence-electron chi connectivity index (χ4n) is 3.57. The van der Waals surface area contributed by atoms with Crippen LogP contribution in [0, 0.1) is 5.92 Å². The van der Waals surface area contributed by atoms with E-state index in [1.165, 1.54) is 12.5 Å². The maximum atomic E-state index is 13.3. The van der Waals surface area contributed by atoms with Crippen LogP contribution in [0.5, 0.6) is 0 Å². The van der Waals surface area contributed by atoms with Crippen LogP contribution in [0.2, 0.25) is 0 Å². The lowest BCUT2D eigenvalue weighted by Gasteiger charge is -2.26. The number of guanidine groups is 1. The van der Waals surface area contributed by atoms with Crippen LogP contribution >= 0.6 is 0 Å². The Morgan fingerprint density at radius 2 is 1.59 bits per heavy atom. The van der Waals surface area contributed by atoms with Crippen LogP contribution in [0.4, 0.5) is 0 Å². The molecule has 0 aliphatic rings. The van der Waals surface area contributed by atoms with E-state index in [-0.39, 0.29) is 50.5 Å². The second-order valence-electron chi connectivity index (χ2n) is 9.49. The van der Waals surface area contributed by atoms with Crippen molar-refractivity contribution in [2.75, 3.05) is 6.54 Å². The predicted molar refractivity (Wildman–Crippen MR) is 141 cm³/mol. The molecule has 4 amide bonds. The topological polar surface area (TPSA) is 287 Å². The molecule has 0 fully saturated rings. The highest BCUT2D eigenvalue weighted by Gasteiger charge is 2.30. The van der Waals surface area contributed by atoms with E-state index in [0.717, 1.165) is 0 Å². The zero-order chi connectivity index (χ0) is 29.5. The van der Waals surface area contributed by atoms with Gasteiger partial charge in [0.1, 0.15) is 18.1 Å². The second-order valence-corrected chi connectivity index (χ2v) is 9.49. The average molecular weight is 553 g/mol. The minimum absolute atomic E-state index is 0.0623. The van der Waals surface area contributed by atoms with E-state index in [4.69, 9.17) is 22.9 Å². The van der Waals surface area contributed by atoms with Gasteiger partial charge in [-0.15, -0.1) is 0 Å². The minimum atomic E-state index is -1.38.